The van der Waals surface area contributed by atoms with Crippen molar-refractivity contribution in [1.29, 1.82) is 5.26 Å². The average molecular weight is 281 g/mol. The Morgan fingerprint density at radius 3 is 2.76 bits per heavy atom. The van der Waals surface area contributed by atoms with E-state index in [0.29, 0.717) is 5.92 Å². The normalized spacial score (nSPS) is 13.7. The number of nitriles is 1. The zero-order valence-electron chi connectivity index (χ0n) is 11.7. The highest BCUT2D eigenvalue weighted by Gasteiger charge is 2.29. The molecular weight excluding hydrogens is 266 g/mol. The molecule has 1 aromatic carbocycles. The van der Waals surface area contributed by atoms with Crippen molar-refractivity contribution in [2.24, 2.45) is 0 Å². The second-order valence-electron chi connectivity index (χ2n) is 5.11. The molecule has 106 valence electrons. The largest absolute Gasteiger partial charge is 0.464 e. The van der Waals surface area contributed by atoms with Gasteiger partial charge in [-0.1, -0.05) is 18.2 Å². The first kappa shape index (κ1) is 13.3. The zero-order chi connectivity index (χ0) is 15.0. The summed E-state index contributed by atoms with van der Waals surface area (Å²) in [5.74, 6) is -0.0274. The minimum Gasteiger partial charge on any atom is -0.464 e. The molecule has 5 heteroatoms. The summed E-state index contributed by atoms with van der Waals surface area (Å²) in [5.41, 5.74) is 8.63. The van der Waals surface area contributed by atoms with Crippen molar-refractivity contribution >= 4 is 11.7 Å². The molecule has 1 fully saturated rings. The van der Waals surface area contributed by atoms with Gasteiger partial charge in [-0.2, -0.15) is 5.26 Å². The molecule has 0 aliphatic heterocycles. The number of carbonyl (C=O) groups is 1. The van der Waals surface area contributed by atoms with Gasteiger partial charge in [0.15, 0.2) is 5.69 Å². The maximum absolute atomic E-state index is 12.0. The summed E-state index contributed by atoms with van der Waals surface area (Å²) in [5, 5.41) is 9.15. The summed E-state index contributed by atoms with van der Waals surface area (Å²) >= 11 is 0. The Labute approximate surface area is 122 Å². The van der Waals surface area contributed by atoms with E-state index in [1.54, 1.807) is 10.8 Å². The van der Waals surface area contributed by atoms with Crippen LogP contribution in [0.3, 0.4) is 0 Å². The van der Waals surface area contributed by atoms with Gasteiger partial charge in [0.2, 0.25) is 0 Å². The van der Waals surface area contributed by atoms with Gasteiger partial charge >= 0.3 is 5.97 Å². The van der Waals surface area contributed by atoms with Crippen LogP contribution in [0.1, 0.15) is 40.4 Å². The zero-order valence-corrected chi connectivity index (χ0v) is 11.7. The summed E-state index contributed by atoms with van der Waals surface area (Å²) in [4.78, 5) is 12.0. The van der Waals surface area contributed by atoms with Gasteiger partial charge < -0.3 is 15.0 Å². The highest BCUT2D eigenvalue weighted by atomic mass is 16.5. The van der Waals surface area contributed by atoms with E-state index in [9.17, 15) is 4.79 Å². The number of rotatable bonds is 3. The van der Waals surface area contributed by atoms with Gasteiger partial charge in [-0.15, -0.1) is 0 Å². The first-order valence-electron chi connectivity index (χ1n) is 6.76. The number of carbonyl (C=O) groups excluding carboxylic acids is 1. The molecule has 0 atom stereocenters. The van der Waals surface area contributed by atoms with E-state index in [1.807, 2.05) is 24.3 Å². The minimum atomic E-state index is -0.542. The van der Waals surface area contributed by atoms with Gasteiger partial charge in [-0.3, -0.25) is 0 Å². The van der Waals surface area contributed by atoms with Crippen LogP contribution in [0.4, 0.5) is 5.69 Å². The maximum Gasteiger partial charge on any atom is 0.357 e. The van der Waals surface area contributed by atoms with E-state index >= 15 is 0 Å². The smallest absolute Gasteiger partial charge is 0.357 e. The average Bonchev–Trinajstić information content (AvgIpc) is 3.30. The molecular formula is C16H15N3O2. The van der Waals surface area contributed by atoms with Crippen LogP contribution >= 0.6 is 0 Å². The lowest BCUT2D eigenvalue weighted by molar-refractivity contribution is 0.0593. The molecule has 5 nitrogen and oxygen atoms in total. The molecule has 1 aliphatic carbocycles. The highest BCUT2D eigenvalue weighted by molar-refractivity contribution is 5.96. The standard InChI is InChI=1S/C16H15N3O2/c1-21-16(20)15-14(18)11(8-17)9-19(15)13-5-3-2-4-12(13)10-6-7-10/h2-5,9-10H,6-7,18H2,1H3. The van der Waals surface area contributed by atoms with Crippen LogP contribution in [0.5, 0.6) is 0 Å². The van der Waals surface area contributed by atoms with Crippen molar-refractivity contribution in [3.8, 4) is 11.8 Å². The van der Waals surface area contributed by atoms with E-state index in [0.717, 1.165) is 18.5 Å². The molecule has 1 saturated carbocycles. The third kappa shape index (κ3) is 2.15. The van der Waals surface area contributed by atoms with Gasteiger partial charge in [-0.25, -0.2) is 4.79 Å². The van der Waals surface area contributed by atoms with Crippen LogP contribution in [0.25, 0.3) is 5.69 Å². The molecule has 0 saturated heterocycles. The molecule has 0 unspecified atom stereocenters. The Hall–Kier alpha value is -2.74. The summed E-state index contributed by atoms with van der Waals surface area (Å²) in [6.45, 7) is 0. The van der Waals surface area contributed by atoms with Crippen molar-refractivity contribution in [3.05, 3.63) is 47.3 Å². The number of hydrogen-bond donors (Lipinski definition) is 1. The number of anilines is 1. The third-order valence-corrected chi connectivity index (χ3v) is 3.76. The van der Waals surface area contributed by atoms with E-state index < -0.39 is 5.97 Å². The summed E-state index contributed by atoms with van der Waals surface area (Å²) in [6.07, 6.45) is 3.89. The molecule has 0 spiro atoms. The monoisotopic (exact) mass is 281 g/mol. The van der Waals surface area contributed by atoms with Crippen LogP contribution in [-0.4, -0.2) is 17.6 Å². The molecule has 0 radical (unpaired) electrons. The lowest BCUT2D eigenvalue weighted by Crippen LogP contribution is -2.12. The Bertz CT molecular complexity index is 751. The SMILES string of the molecule is COC(=O)c1c(N)c(C#N)cn1-c1ccccc1C1CC1. The Kier molecular flexibility index (Phi) is 3.15. The topological polar surface area (TPSA) is 81.0 Å². The van der Waals surface area contributed by atoms with Crippen LogP contribution in [0, 0.1) is 11.3 Å². The fourth-order valence-corrected chi connectivity index (χ4v) is 2.55. The third-order valence-electron chi connectivity index (χ3n) is 3.76. The number of nitrogens with two attached hydrogens (primary N) is 1. The van der Waals surface area contributed by atoms with Crippen LogP contribution < -0.4 is 5.73 Å². The molecule has 0 bridgehead atoms. The van der Waals surface area contributed by atoms with Crippen LogP contribution in [0.2, 0.25) is 0 Å². The molecule has 1 aromatic heterocycles. The summed E-state index contributed by atoms with van der Waals surface area (Å²) in [7, 11) is 1.30. The lowest BCUT2D eigenvalue weighted by Gasteiger charge is -2.13. The first-order valence-corrected chi connectivity index (χ1v) is 6.76. The highest BCUT2D eigenvalue weighted by Crippen LogP contribution is 2.43. The van der Waals surface area contributed by atoms with Crippen molar-refractivity contribution < 1.29 is 9.53 Å². The predicted octanol–water partition coefficient (Wildman–Crippen LogP) is 2.60. The molecule has 2 aromatic rings. The van der Waals surface area contributed by atoms with E-state index in [4.69, 9.17) is 15.7 Å². The fraction of sp³-hybridized carbons (Fsp3) is 0.250. The number of benzene rings is 1. The van der Waals surface area contributed by atoms with E-state index in [-0.39, 0.29) is 16.9 Å². The molecule has 2 N–H and O–H groups in total. The lowest BCUT2D eigenvalue weighted by atomic mass is 10.1. The predicted molar refractivity (Wildman–Crippen MR) is 78.2 cm³/mol. The van der Waals surface area contributed by atoms with Crippen LogP contribution in [0.15, 0.2) is 30.5 Å². The Morgan fingerprint density at radius 2 is 2.14 bits per heavy atom. The molecule has 3 rings (SSSR count). The molecule has 21 heavy (non-hydrogen) atoms. The van der Waals surface area contributed by atoms with Gasteiger partial charge in [0.25, 0.3) is 0 Å². The Balaban J connectivity index is 2.23. The second kappa shape index (κ2) is 4.98. The molecule has 0 amide bonds. The van der Waals surface area contributed by atoms with Crippen molar-refractivity contribution in [1.82, 2.24) is 4.57 Å². The van der Waals surface area contributed by atoms with Gasteiger partial charge in [0.1, 0.15) is 6.07 Å². The number of aromatic nitrogens is 1. The summed E-state index contributed by atoms with van der Waals surface area (Å²) < 4.78 is 6.48. The minimum absolute atomic E-state index is 0.162. The number of hydrogen-bond acceptors (Lipinski definition) is 4. The van der Waals surface area contributed by atoms with Gasteiger partial charge in [0.05, 0.1) is 18.4 Å². The quantitative estimate of drug-likeness (QED) is 0.877. The number of methoxy groups -OCH3 is 1. The number of esters is 1. The van der Waals surface area contributed by atoms with Crippen molar-refractivity contribution in [2.75, 3.05) is 12.8 Å². The van der Waals surface area contributed by atoms with E-state index in [1.165, 1.54) is 12.7 Å². The number of para-hydroxylation sites is 1. The van der Waals surface area contributed by atoms with Crippen LogP contribution in [-0.2, 0) is 4.74 Å². The molecule has 1 aliphatic rings. The molecule has 1 heterocycles. The van der Waals surface area contributed by atoms with E-state index in [2.05, 4.69) is 6.07 Å². The van der Waals surface area contributed by atoms with Crippen molar-refractivity contribution in [3.63, 3.8) is 0 Å². The number of ether oxygens (including phenoxy) is 1. The maximum atomic E-state index is 12.0. The second-order valence-corrected chi connectivity index (χ2v) is 5.11. The summed E-state index contributed by atoms with van der Waals surface area (Å²) in [6, 6.07) is 9.89. The first-order chi connectivity index (χ1) is 10.2. The Morgan fingerprint density at radius 1 is 1.43 bits per heavy atom. The van der Waals surface area contributed by atoms with Crippen molar-refractivity contribution in [2.45, 2.75) is 18.8 Å². The number of nitrogen functional groups attached to an aromatic ring is 1. The fourth-order valence-electron chi connectivity index (χ4n) is 2.55. The van der Waals surface area contributed by atoms with Gasteiger partial charge in [-0.05, 0) is 30.4 Å². The van der Waals surface area contributed by atoms with Gasteiger partial charge in [0, 0.05) is 11.9 Å². The number of nitrogens with zero attached hydrogens (tertiary/aromatic N) is 2.